The Morgan fingerprint density at radius 2 is 2.28 bits per heavy atom. The molecule has 0 aliphatic heterocycles. The van der Waals surface area contributed by atoms with Crippen molar-refractivity contribution in [2.24, 2.45) is 5.92 Å². The highest BCUT2D eigenvalue weighted by molar-refractivity contribution is 5.77. The standard InChI is InChI=1S/C14H20N2O2/c1-11-6-2-3-7-12(11)16-13(17)10-18-14-8-4-5-9-15-14/h4-5,8-9,11-12H,2-3,6-7,10H2,1H3,(H,16,17)/t11-,12-/m0/s1. The molecule has 1 saturated carbocycles. The maximum Gasteiger partial charge on any atom is 0.258 e. The zero-order valence-corrected chi connectivity index (χ0v) is 10.8. The second-order valence-electron chi connectivity index (χ2n) is 4.89. The van der Waals surface area contributed by atoms with Gasteiger partial charge in [0.25, 0.3) is 5.91 Å². The lowest BCUT2D eigenvalue weighted by atomic mass is 9.86. The lowest BCUT2D eigenvalue weighted by Crippen LogP contribution is -2.43. The molecule has 1 fully saturated rings. The Labute approximate surface area is 108 Å². The van der Waals surface area contributed by atoms with Crippen molar-refractivity contribution >= 4 is 5.91 Å². The minimum atomic E-state index is -0.0561. The van der Waals surface area contributed by atoms with Gasteiger partial charge in [-0.15, -0.1) is 0 Å². The lowest BCUT2D eigenvalue weighted by molar-refractivity contribution is -0.124. The van der Waals surface area contributed by atoms with Gasteiger partial charge in [-0.3, -0.25) is 4.79 Å². The molecule has 0 aromatic carbocycles. The highest BCUT2D eigenvalue weighted by Gasteiger charge is 2.22. The van der Waals surface area contributed by atoms with Crippen LogP contribution >= 0.6 is 0 Å². The monoisotopic (exact) mass is 248 g/mol. The molecule has 0 radical (unpaired) electrons. The van der Waals surface area contributed by atoms with Crippen molar-refractivity contribution in [3.63, 3.8) is 0 Å². The number of aromatic nitrogens is 1. The fraction of sp³-hybridized carbons (Fsp3) is 0.571. The van der Waals surface area contributed by atoms with E-state index in [9.17, 15) is 4.79 Å². The smallest absolute Gasteiger partial charge is 0.258 e. The average molecular weight is 248 g/mol. The van der Waals surface area contributed by atoms with E-state index in [0.717, 1.165) is 6.42 Å². The summed E-state index contributed by atoms with van der Waals surface area (Å²) in [5.41, 5.74) is 0. The predicted octanol–water partition coefficient (Wildman–Crippen LogP) is 2.16. The van der Waals surface area contributed by atoms with Crippen molar-refractivity contribution < 1.29 is 9.53 Å². The van der Waals surface area contributed by atoms with Crippen molar-refractivity contribution in [1.29, 1.82) is 0 Å². The van der Waals surface area contributed by atoms with Crippen LogP contribution in [0.1, 0.15) is 32.6 Å². The van der Waals surface area contributed by atoms with Gasteiger partial charge < -0.3 is 10.1 Å². The Morgan fingerprint density at radius 3 is 3.00 bits per heavy atom. The predicted molar refractivity (Wildman–Crippen MR) is 69.3 cm³/mol. The first-order chi connectivity index (χ1) is 8.75. The van der Waals surface area contributed by atoms with Gasteiger partial charge in [0.15, 0.2) is 6.61 Å². The highest BCUT2D eigenvalue weighted by atomic mass is 16.5. The van der Waals surface area contributed by atoms with Crippen LogP contribution in [0.15, 0.2) is 24.4 Å². The summed E-state index contributed by atoms with van der Waals surface area (Å²) in [6.07, 6.45) is 6.41. The molecule has 1 N–H and O–H groups in total. The molecule has 98 valence electrons. The summed E-state index contributed by atoms with van der Waals surface area (Å²) in [5, 5.41) is 3.05. The normalized spacial score (nSPS) is 23.4. The van der Waals surface area contributed by atoms with Gasteiger partial charge in [0.05, 0.1) is 0 Å². The summed E-state index contributed by atoms with van der Waals surface area (Å²) in [7, 11) is 0. The molecule has 4 heteroatoms. The van der Waals surface area contributed by atoms with Gasteiger partial charge in [-0.25, -0.2) is 4.98 Å². The molecular formula is C14H20N2O2. The number of nitrogens with zero attached hydrogens (tertiary/aromatic N) is 1. The Balaban J connectivity index is 1.75. The van der Waals surface area contributed by atoms with E-state index in [-0.39, 0.29) is 12.5 Å². The van der Waals surface area contributed by atoms with Gasteiger partial charge in [-0.05, 0) is 24.8 Å². The molecule has 1 aromatic rings. The maximum atomic E-state index is 11.8. The van der Waals surface area contributed by atoms with Crippen LogP contribution < -0.4 is 10.1 Å². The number of nitrogens with one attached hydrogen (secondary N) is 1. The fourth-order valence-electron chi connectivity index (χ4n) is 2.35. The van der Waals surface area contributed by atoms with E-state index in [2.05, 4.69) is 17.2 Å². The number of carbonyl (C=O) groups is 1. The van der Waals surface area contributed by atoms with Crippen LogP contribution in [0.25, 0.3) is 0 Å². The Hall–Kier alpha value is -1.58. The van der Waals surface area contributed by atoms with Crippen molar-refractivity contribution in [2.45, 2.75) is 38.6 Å². The molecule has 0 spiro atoms. The van der Waals surface area contributed by atoms with Crippen molar-refractivity contribution in [3.8, 4) is 5.88 Å². The maximum absolute atomic E-state index is 11.8. The minimum absolute atomic E-state index is 0.0419. The summed E-state index contributed by atoms with van der Waals surface area (Å²) in [6, 6.07) is 5.70. The number of carbonyl (C=O) groups excluding carboxylic acids is 1. The Kier molecular flexibility index (Phi) is 4.56. The molecule has 1 heterocycles. The molecule has 1 aliphatic carbocycles. The number of hydrogen-bond acceptors (Lipinski definition) is 3. The summed E-state index contributed by atoms with van der Waals surface area (Å²) >= 11 is 0. The molecule has 0 unspecified atom stereocenters. The van der Waals surface area contributed by atoms with Gasteiger partial charge in [-0.1, -0.05) is 25.8 Å². The molecule has 18 heavy (non-hydrogen) atoms. The Bertz CT molecular complexity index is 381. The van der Waals surface area contributed by atoms with Crippen LogP contribution in [0.2, 0.25) is 0 Å². The van der Waals surface area contributed by atoms with Gasteiger partial charge in [-0.2, -0.15) is 0 Å². The molecular weight excluding hydrogens is 228 g/mol. The number of amides is 1. The second-order valence-corrected chi connectivity index (χ2v) is 4.89. The molecule has 4 nitrogen and oxygen atoms in total. The third-order valence-electron chi connectivity index (χ3n) is 3.45. The first-order valence-electron chi connectivity index (χ1n) is 6.59. The molecule has 0 bridgehead atoms. The van der Waals surface area contributed by atoms with Gasteiger partial charge in [0.1, 0.15) is 0 Å². The third-order valence-corrected chi connectivity index (χ3v) is 3.45. The number of hydrogen-bond donors (Lipinski definition) is 1. The van der Waals surface area contributed by atoms with Gasteiger partial charge in [0, 0.05) is 18.3 Å². The molecule has 2 atom stereocenters. The van der Waals surface area contributed by atoms with Crippen molar-refractivity contribution in [1.82, 2.24) is 10.3 Å². The molecule has 1 aliphatic rings. The van der Waals surface area contributed by atoms with Crippen LogP contribution in [0.3, 0.4) is 0 Å². The number of ether oxygens (including phenoxy) is 1. The highest BCUT2D eigenvalue weighted by Crippen LogP contribution is 2.23. The Morgan fingerprint density at radius 1 is 1.44 bits per heavy atom. The van der Waals surface area contributed by atoms with E-state index in [1.54, 1.807) is 12.3 Å². The molecule has 1 aromatic heterocycles. The summed E-state index contributed by atoms with van der Waals surface area (Å²) in [4.78, 5) is 15.8. The minimum Gasteiger partial charge on any atom is -0.468 e. The van der Waals surface area contributed by atoms with Crippen LogP contribution in [0.5, 0.6) is 5.88 Å². The SMILES string of the molecule is C[C@H]1CCCC[C@@H]1NC(=O)COc1ccccn1. The van der Waals surface area contributed by atoms with Crippen molar-refractivity contribution in [2.75, 3.05) is 6.61 Å². The van der Waals surface area contributed by atoms with E-state index >= 15 is 0 Å². The number of rotatable bonds is 4. The number of pyridine rings is 1. The summed E-state index contributed by atoms with van der Waals surface area (Å²) < 4.78 is 5.32. The average Bonchev–Trinajstić information content (AvgIpc) is 2.40. The summed E-state index contributed by atoms with van der Waals surface area (Å²) in [5.74, 6) is 1.00. The molecule has 1 amide bonds. The zero-order valence-electron chi connectivity index (χ0n) is 10.8. The van der Waals surface area contributed by atoms with E-state index in [4.69, 9.17) is 4.74 Å². The van der Waals surface area contributed by atoms with E-state index in [1.807, 2.05) is 12.1 Å². The van der Waals surface area contributed by atoms with Crippen LogP contribution in [0, 0.1) is 5.92 Å². The summed E-state index contributed by atoms with van der Waals surface area (Å²) in [6.45, 7) is 2.24. The van der Waals surface area contributed by atoms with Gasteiger partial charge in [0.2, 0.25) is 5.88 Å². The molecule has 0 saturated heterocycles. The van der Waals surface area contributed by atoms with E-state index < -0.39 is 0 Å². The fourth-order valence-corrected chi connectivity index (χ4v) is 2.35. The van der Waals surface area contributed by atoms with Crippen LogP contribution in [-0.4, -0.2) is 23.5 Å². The van der Waals surface area contributed by atoms with Crippen molar-refractivity contribution in [3.05, 3.63) is 24.4 Å². The zero-order chi connectivity index (χ0) is 12.8. The van der Waals surface area contributed by atoms with E-state index in [0.29, 0.717) is 17.8 Å². The van der Waals surface area contributed by atoms with E-state index in [1.165, 1.54) is 19.3 Å². The first kappa shape index (κ1) is 12.9. The van der Waals surface area contributed by atoms with Crippen LogP contribution in [-0.2, 0) is 4.79 Å². The second kappa shape index (κ2) is 6.38. The van der Waals surface area contributed by atoms with Gasteiger partial charge >= 0.3 is 0 Å². The molecule has 2 rings (SSSR count). The topological polar surface area (TPSA) is 51.2 Å². The lowest BCUT2D eigenvalue weighted by Gasteiger charge is -2.29. The quantitative estimate of drug-likeness (QED) is 0.888. The first-order valence-corrected chi connectivity index (χ1v) is 6.59. The third kappa shape index (κ3) is 3.72. The largest absolute Gasteiger partial charge is 0.468 e. The van der Waals surface area contributed by atoms with Crippen LogP contribution in [0.4, 0.5) is 0 Å².